The van der Waals surface area contributed by atoms with Gasteiger partial charge in [0.25, 0.3) is 15.6 Å². The summed E-state index contributed by atoms with van der Waals surface area (Å²) in [6.07, 6.45) is 1.20. The molecule has 0 spiro atoms. The van der Waals surface area contributed by atoms with Crippen LogP contribution in [0.2, 0.25) is 0 Å². The number of carbonyl (C=O) groups is 1. The van der Waals surface area contributed by atoms with Gasteiger partial charge in [0, 0.05) is 28.1 Å². The molecular weight excluding hydrogens is 476 g/mol. The molecular formula is C19H17BrN4O5S. The second-order valence-electron chi connectivity index (χ2n) is 6.38. The Balaban J connectivity index is 1.80. The molecule has 156 valence electrons. The van der Waals surface area contributed by atoms with Crippen molar-refractivity contribution >= 4 is 43.2 Å². The Labute approximate surface area is 180 Å². The molecule has 0 bridgehead atoms. The molecule has 0 fully saturated rings. The predicted molar refractivity (Wildman–Crippen MR) is 116 cm³/mol. The van der Waals surface area contributed by atoms with Crippen LogP contribution < -0.4 is 21.3 Å². The Kier molecular flexibility index (Phi) is 6.22. The van der Waals surface area contributed by atoms with Gasteiger partial charge in [-0.15, -0.1) is 0 Å². The number of aryl methyl sites for hydroxylation is 1. The van der Waals surface area contributed by atoms with Gasteiger partial charge in [-0.05, 0) is 48.9 Å². The zero-order chi connectivity index (χ0) is 21.9. The molecule has 0 aliphatic carbocycles. The number of amides is 1. The Hall–Kier alpha value is -3.18. The van der Waals surface area contributed by atoms with Crippen LogP contribution in [0.4, 0.5) is 11.4 Å². The lowest BCUT2D eigenvalue weighted by Crippen LogP contribution is -2.32. The van der Waals surface area contributed by atoms with E-state index in [9.17, 15) is 22.8 Å². The molecule has 11 heteroatoms. The first-order valence-corrected chi connectivity index (χ1v) is 10.9. The summed E-state index contributed by atoms with van der Waals surface area (Å²) in [5.41, 5.74) is -0.148. The second kappa shape index (κ2) is 8.67. The number of rotatable bonds is 6. The van der Waals surface area contributed by atoms with Crippen LogP contribution in [0.15, 0.2) is 73.7 Å². The molecule has 0 atom stereocenters. The average molecular weight is 493 g/mol. The Morgan fingerprint density at radius 1 is 1.07 bits per heavy atom. The lowest BCUT2D eigenvalue weighted by Gasteiger charge is -2.13. The molecule has 1 heterocycles. The van der Waals surface area contributed by atoms with Gasteiger partial charge in [0.1, 0.15) is 6.54 Å². The third-order valence-corrected chi connectivity index (χ3v) is 6.12. The summed E-state index contributed by atoms with van der Waals surface area (Å²) in [5, 5.41) is 2.55. The van der Waals surface area contributed by atoms with Crippen molar-refractivity contribution in [1.29, 1.82) is 0 Å². The minimum atomic E-state index is -3.90. The number of halogens is 1. The molecule has 0 unspecified atom stereocenters. The van der Waals surface area contributed by atoms with Crippen molar-refractivity contribution in [3.8, 4) is 0 Å². The van der Waals surface area contributed by atoms with Crippen molar-refractivity contribution in [3.05, 3.63) is 85.6 Å². The van der Waals surface area contributed by atoms with E-state index >= 15 is 0 Å². The molecule has 3 aromatic rings. The largest absolute Gasteiger partial charge is 0.328 e. The highest BCUT2D eigenvalue weighted by Crippen LogP contribution is 2.24. The third kappa shape index (κ3) is 5.24. The Bertz CT molecular complexity index is 1310. The normalized spacial score (nSPS) is 11.1. The monoisotopic (exact) mass is 492 g/mol. The van der Waals surface area contributed by atoms with Gasteiger partial charge in [-0.2, -0.15) is 0 Å². The van der Waals surface area contributed by atoms with Crippen LogP contribution in [0.5, 0.6) is 0 Å². The van der Waals surface area contributed by atoms with E-state index in [1.807, 2.05) is 0 Å². The van der Waals surface area contributed by atoms with Gasteiger partial charge >= 0.3 is 5.69 Å². The lowest BCUT2D eigenvalue weighted by molar-refractivity contribution is -0.116. The fourth-order valence-electron chi connectivity index (χ4n) is 2.62. The maximum atomic E-state index is 12.8. The van der Waals surface area contributed by atoms with E-state index in [1.165, 1.54) is 12.3 Å². The van der Waals surface area contributed by atoms with Gasteiger partial charge in [-0.3, -0.25) is 23.9 Å². The van der Waals surface area contributed by atoms with Crippen molar-refractivity contribution in [2.45, 2.75) is 18.4 Å². The van der Waals surface area contributed by atoms with Crippen molar-refractivity contribution < 1.29 is 13.2 Å². The maximum Gasteiger partial charge on any atom is 0.328 e. The van der Waals surface area contributed by atoms with Crippen molar-refractivity contribution in [2.24, 2.45) is 0 Å². The lowest BCUT2D eigenvalue weighted by atomic mass is 10.2. The van der Waals surface area contributed by atoms with Crippen LogP contribution in [-0.2, 0) is 21.4 Å². The fourth-order valence-corrected chi connectivity index (χ4v) is 4.21. The van der Waals surface area contributed by atoms with Crippen molar-refractivity contribution in [3.63, 3.8) is 0 Å². The summed E-state index contributed by atoms with van der Waals surface area (Å²) in [6.45, 7) is 1.30. The average Bonchev–Trinajstić information content (AvgIpc) is 2.67. The second-order valence-corrected chi connectivity index (χ2v) is 8.95. The van der Waals surface area contributed by atoms with Gasteiger partial charge in [-0.25, -0.2) is 13.2 Å². The highest BCUT2D eigenvalue weighted by atomic mass is 79.9. The summed E-state index contributed by atoms with van der Waals surface area (Å²) in [6, 6.07) is 12.2. The molecule has 30 heavy (non-hydrogen) atoms. The predicted octanol–water partition coefficient (Wildman–Crippen LogP) is 2.05. The molecule has 0 saturated carbocycles. The number of anilines is 2. The third-order valence-electron chi connectivity index (χ3n) is 4.07. The van der Waals surface area contributed by atoms with Crippen LogP contribution in [0.25, 0.3) is 0 Å². The first-order valence-electron chi connectivity index (χ1n) is 8.63. The fraction of sp³-hybridized carbons (Fsp3) is 0.105. The molecule has 2 aromatic carbocycles. The van der Waals surface area contributed by atoms with Gasteiger partial charge in [0.05, 0.1) is 4.90 Å². The van der Waals surface area contributed by atoms with Crippen molar-refractivity contribution in [1.82, 2.24) is 9.55 Å². The number of nitrogens with zero attached hydrogens (tertiary/aromatic N) is 1. The highest BCUT2D eigenvalue weighted by Gasteiger charge is 2.18. The van der Waals surface area contributed by atoms with E-state index in [0.29, 0.717) is 11.3 Å². The van der Waals surface area contributed by atoms with E-state index in [2.05, 4.69) is 31.0 Å². The highest BCUT2D eigenvalue weighted by molar-refractivity contribution is 9.10. The molecule has 3 N–H and O–H groups in total. The smallest absolute Gasteiger partial charge is 0.324 e. The summed E-state index contributed by atoms with van der Waals surface area (Å²) >= 11 is 3.29. The van der Waals surface area contributed by atoms with E-state index in [4.69, 9.17) is 0 Å². The topological polar surface area (TPSA) is 130 Å². The minimum absolute atomic E-state index is 0.00410. The number of H-pyrrole nitrogens is 1. The minimum Gasteiger partial charge on any atom is -0.324 e. The number of nitrogens with one attached hydrogen (secondary N) is 3. The zero-order valence-corrected chi connectivity index (χ0v) is 18.1. The quantitative estimate of drug-likeness (QED) is 0.484. The van der Waals surface area contributed by atoms with E-state index in [1.54, 1.807) is 43.3 Å². The van der Waals surface area contributed by atoms with Crippen molar-refractivity contribution in [2.75, 3.05) is 10.0 Å². The number of hydrogen-bond donors (Lipinski definition) is 3. The summed E-state index contributed by atoms with van der Waals surface area (Å²) in [4.78, 5) is 37.1. The molecule has 0 saturated heterocycles. The number of aromatic amines is 1. The molecule has 3 rings (SSSR count). The van der Waals surface area contributed by atoms with Gasteiger partial charge in [-0.1, -0.05) is 22.0 Å². The summed E-state index contributed by atoms with van der Waals surface area (Å²) in [7, 11) is -3.90. The van der Waals surface area contributed by atoms with Gasteiger partial charge in [0.15, 0.2) is 0 Å². The molecule has 0 aliphatic heterocycles. The number of benzene rings is 2. The summed E-state index contributed by atoms with van der Waals surface area (Å²) < 4.78 is 29.9. The number of sulfonamides is 1. The van der Waals surface area contributed by atoms with E-state index < -0.39 is 27.2 Å². The molecule has 9 nitrogen and oxygen atoms in total. The molecule has 0 radical (unpaired) electrons. The van der Waals surface area contributed by atoms with Crippen LogP contribution in [0, 0.1) is 6.92 Å². The van der Waals surface area contributed by atoms with Crippen LogP contribution >= 0.6 is 15.9 Å². The molecule has 1 amide bonds. The SMILES string of the molecule is Cc1ccc(NC(=O)Cn2ccc(=O)[nH]c2=O)cc1S(=O)(=O)Nc1ccc(Br)cc1. The van der Waals surface area contributed by atoms with E-state index in [-0.39, 0.29) is 17.1 Å². The van der Waals surface area contributed by atoms with Crippen LogP contribution in [-0.4, -0.2) is 23.9 Å². The van der Waals surface area contributed by atoms with Crippen LogP contribution in [0.1, 0.15) is 5.56 Å². The Morgan fingerprint density at radius 2 is 1.73 bits per heavy atom. The standard InChI is InChI=1S/C19H17BrN4O5S/c1-12-2-5-15(21-18(26)11-24-9-8-17(25)22-19(24)27)10-16(12)30(28,29)23-14-6-3-13(20)4-7-14/h2-10,23H,11H2,1H3,(H,21,26)(H,22,25,27). The van der Waals surface area contributed by atoms with Gasteiger partial charge < -0.3 is 5.32 Å². The number of carbonyl (C=O) groups excluding carboxylic acids is 1. The van der Waals surface area contributed by atoms with Gasteiger partial charge in [0.2, 0.25) is 5.91 Å². The van der Waals surface area contributed by atoms with E-state index in [0.717, 1.165) is 15.1 Å². The Morgan fingerprint density at radius 3 is 2.40 bits per heavy atom. The first kappa shape index (κ1) is 21.5. The summed E-state index contributed by atoms with van der Waals surface area (Å²) in [5.74, 6) is -0.558. The van der Waals surface area contributed by atoms with Crippen LogP contribution in [0.3, 0.4) is 0 Å². The number of aromatic nitrogens is 2. The first-order chi connectivity index (χ1) is 14.1. The maximum absolute atomic E-state index is 12.8. The molecule has 1 aromatic heterocycles. The molecule has 0 aliphatic rings. The zero-order valence-electron chi connectivity index (χ0n) is 15.7. The number of hydrogen-bond acceptors (Lipinski definition) is 5.